The molecule has 32 heavy (non-hydrogen) atoms. The van der Waals surface area contributed by atoms with Crippen LogP contribution < -0.4 is 20.1 Å². The molecule has 2 N–H and O–H groups in total. The molecule has 6 nitrogen and oxygen atoms in total. The van der Waals surface area contributed by atoms with E-state index >= 15 is 0 Å². The number of rotatable bonds is 9. The zero-order valence-corrected chi connectivity index (χ0v) is 19.4. The number of nitrogens with one attached hydrogen (secondary N) is 2. The van der Waals surface area contributed by atoms with Gasteiger partial charge >= 0.3 is 0 Å². The molecule has 6 heteroatoms. The van der Waals surface area contributed by atoms with E-state index in [2.05, 4.69) is 52.9 Å². The van der Waals surface area contributed by atoms with E-state index < -0.39 is 0 Å². The predicted molar refractivity (Wildman–Crippen MR) is 128 cm³/mol. The summed E-state index contributed by atoms with van der Waals surface area (Å²) in [5.41, 5.74) is 3.87. The van der Waals surface area contributed by atoms with Crippen molar-refractivity contribution in [2.75, 3.05) is 40.5 Å². The third kappa shape index (κ3) is 5.54. The smallest absolute Gasteiger partial charge is 0.191 e. The molecule has 0 aromatic heterocycles. The van der Waals surface area contributed by atoms with Crippen molar-refractivity contribution in [3.8, 4) is 11.5 Å². The van der Waals surface area contributed by atoms with Gasteiger partial charge in [-0.25, -0.2) is 0 Å². The molecular weight excluding hydrogens is 402 g/mol. The normalized spacial score (nSPS) is 19.5. The van der Waals surface area contributed by atoms with Crippen LogP contribution in [-0.2, 0) is 16.7 Å². The monoisotopic (exact) mass is 437 g/mol. The standard InChI is InChI=1S/C26H35N3O3/c1-19-4-5-21(24(14-19)32-17-20-10-13-31-16-20)15-28-25(27-2)29-18-26(11-12-26)22-6-8-23(30-3)9-7-22/h4-9,14,20H,10-13,15-18H2,1-3H3,(H2,27,28,29). The first-order chi connectivity index (χ1) is 15.6. The van der Waals surface area contributed by atoms with Crippen LogP contribution in [-0.4, -0.2) is 46.5 Å². The van der Waals surface area contributed by atoms with E-state index in [1.54, 1.807) is 7.11 Å². The highest BCUT2D eigenvalue weighted by atomic mass is 16.5. The van der Waals surface area contributed by atoms with Crippen molar-refractivity contribution < 1.29 is 14.2 Å². The molecule has 1 heterocycles. The van der Waals surface area contributed by atoms with Crippen molar-refractivity contribution in [1.82, 2.24) is 10.6 Å². The lowest BCUT2D eigenvalue weighted by atomic mass is 9.96. The van der Waals surface area contributed by atoms with Crippen LogP contribution in [0.1, 0.15) is 36.0 Å². The lowest BCUT2D eigenvalue weighted by Gasteiger charge is -2.20. The molecule has 4 rings (SSSR count). The third-order valence-electron chi connectivity index (χ3n) is 6.54. The van der Waals surface area contributed by atoms with Gasteiger partial charge in [0, 0.05) is 43.6 Å². The molecular formula is C26H35N3O3. The Labute approximate surface area is 191 Å². The second kappa shape index (κ2) is 10.3. The van der Waals surface area contributed by atoms with Gasteiger partial charge < -0.3 is 24.8 Å². The molecule has 1 aliphatic carbocycles. The van der Waals surface area contributed by atoms with E-state index in [0.717, 1.165) is 49.2 Å². The Balaban J connectivity index is 1.32. The highest BCUT2D eigenvalue weighted by molar-refractivity contribution is 5.80. The molecule has 0 bridgehead atoms. The molecule has 1 aliphatic heterocycles. The Morgan fingerprint density at radius 1 is 1.16 bits per heavy atom. The minimum Gasteiger partial charge on any atom is -0.497 e. The van der Waals surface area contributed by atoms with Crippen LogP contribution in [0.5, 0.6) is 11.5 Å². The molecule has 0 radical (unpaired) electrons. The first-order valence-corrected chi connectivity index (χ1v) is 11.5. The van der Waals surface area contributed by atoms with Crippen LogP contribution in [0.25, 0.3) is 0 Å². The van der Waals surface area contributed by atoms with E-state index in [-0.39, 0.29) is 5.41 Å². The summed E-state index contributed by atoms with van der Waals surface area (Å²) < 4.78 is 16.9. The molecule has 0 amide bonds. The van der Waals surface area contributed by atoms with Gasteiger partial charge in [-0.2, -0.15) is 0 Å². The minimum atomic E-state index is 0.186. The fourth-order valence-corrected chi connectivity index (χ4v) is 4.18. The number of hydrogen-bond acceptors (Lipinski definition) is 4. The van der Waals surface area contributed by atoms with Gasteiger partial charge in [-0.05, 0) is 55.5 Å². The van der Waals surface area contributed by atoms with Gasteiger partial charge in [0.25, 0.3) is 0 Å². The van der Waals surface area contributed by atoms with Gasteiger partial charge in [-0.15, -0.1) is 0 Å². The molecule has 2 aliphatic rings. The van der Waals surface area contributed by atoms with Crippen LogP contribution >= 0.6 is 0 Å². The summed E-state index contributed by atoms with van der Waals surface area (Å²) in [6, 6.07) is 14.8. The van der Waals surface area contributed by atoms with E-state index in [1.807, 2.05) is 19.2 Å². The topological polar surface area (TPSA) is 64.1 Å². The van der Waals surface area contributed by atoms with Crippen molar-refractivity contribution in [1.29, 1.82) is 0 Å². The SMILES string of the molecule is CN=C(NCc1ccc(C)cc1OCC1CCOC1)NCC1(c2ccc(OC)cc2)CC1. The summed E-state index contributed by atoms with van der Waals surface area (Å²) in [7, 11) is 3.52. The third-order valence-corrected chi connectivity index (χ3v) is 6.54. The van der Waals surface area contributed by atoms with E-state index in [9.17, 15) is 0 Å². The van der Waals surface area contributed by atoms with Crippen LogP contribution in [0, 0.1) is 12.8 Å². The van der Waals surface area contributed by atoms with Crippen LogP contribution in [0.3, 0.4) is 0 Å². The Morgan fingerprint density at radius 2 is 1.97 bits per heavy atom. The maximum Gasteiger partial charge on any atom is 0.191 e. The number of aryl methyl sites for hydroxylation is 1. The molecule has 1 saturated carbocycles. The number of methoxy groups -OCH3 is 1. The number of aliphatic imine (C=N–C) groups is 1. The highest BCUT2D eigenvalue weighted by Crippen LogP contribution is 2.47. The van der Waals surface area contributed by atoms with Gasteiger partial charge in [0.2, 0.25) is 0 Å². The Hall–Kier alpha value is -2.73. The van der Waals surface area contributed by atoms with Crippen molar-refractivity contribution in [3.05, 3.63) is 59.2 Å². The summed E-state index contributed by atoms with van der Waals surface area (Å²) in [5.74, 6) is 3.13. The van der Waals surface area contributed by atoms with E-state index in [0.29, 0.717) is 19.1 Å². The van der Waals surface area contributed by atoms with Gasteiger partial charge in [0.1, 0.15) is 11.5 Å². The summed E-state index contributed by atoms with van der Waals surface area (Å²) in [5, 5.41) is 6.99. The lowest BCUT2D eigenvalue weighted by molar-refractivity contribution is 0.166. The largest absolute Gasteiger partial charge is 0.497 e. The fraction of sp³-hybridized carbons (Fsp3) is 0.500. The van der Waals surface area contributed by atoms with Crippen LogP contribution in [0.4, 0.5) is 0 Å². The molecule has 1 saturated heterocycles. The average Bonchev–Trinajstić information content (AvgIpc) is 3.43. The summed E-state index contributed by atoms with van der Waals surface area (Å²) >= 11 is 0. The summed E-state index contributed by atoms with van der Waals surface area (Å²) in [4.78, 5) is 4.43. The molecule has 172 valence electrons. The Kier molecular flexibility index (Phi) is 7.20. The minimum absolute atomic E-state index is 0.186. The van der Waals surface area contributed by atoms with Crippen LogP contribution in [0.2, 0.25) is 0 Å². The maximum absolute atomic E-state index is 6.18. The Morgan fingerprint density at radius 3 is 2.62 bits per heavy atom. The molecule has 1 unspecified atom stereocenters. The number of benzene rings is 2. The zero-order chi connectivity index (χ0) is 22.4. The van der Waals surface area contributed by atoms with Crippen molar-refractivity contribution in [2.24, 2.45) is 10.9 Å². The molecule has 2 aromatic rings. The number of hydrogen-bond donors (Lipinski definition) is 2. The van der Waals surface area contributed by atoms with Crippen molar-refractivity contribution in [3.63, 3.8) is 0 Å². The Bertz CT molecular complexity index is 916. The number of ether oxygens (including phenoxy) is 3. The van der Waals surface area contributed by atoms with Gasteiger partial charge in [-0.3, -0.25) is 4.99 Å². The summed E-state index contributed by atoms with van der Waals surface area (Å²) in [6.07, 6.45) is 3.44. The maximum atomic E-state index is 6.18. The zero-order valence-electron chi connectivity index (χ0n) is 19.4. The first-order valence-electron chi connectivity index (χ1n) is 11.5. The van der Waals surface area contributed by atoms with Crippen molar-refractivity contribution in [2.45, 2.75) is 38.1 Å². The molecule has 2 fully saturated rings. The predicted octanol–water partition coefficient (Wildman–Crippen LogP) is 3.82. The van der Waals surface area contributed by atoms with Crippen molar-refractivity contribution >= 4 is 5.96 Å². The van der Waals surface area contributed by atoms with E-state index in [1.165, 1.54) is 24.0 Å². The number of nitrogens with zero attached hydrogens (tertiary/aromatic N) is 1. The molecule has 2 aromatic carbocycles. The number of guanidine groups is 1. The molecule has 0 spiro atoms. The second-order valence-corrected chi connectivity index (χ2v) is 8.94. The highest BCUT2D eigenvalue weighted by Gasteiger charge is 2.44. The second-order valence-electron chi connectivity index (χ2n) is 8.94. The van der Waals surface area contributed by atoms with Gasteiger partial charge in [0.05, 0.1) is 20.3 Å². The van der Waals surface area contributed by atoms with Gasteiger partial charge in [-0.1, -0.05) is 24.3 Å². The molecule has 1 atom stereocenters. The average molecular weight is 438 g/mol. The quantitative estimate of drug-likeness (QED) is 0.461. The fourth-order valence-electron chi connectivity index (χ4n) is 4.18. The van der Waals surface area contributed by atoms with E-state index in [4.69, 9.17) is 14.2 Å². The first kappa shape index (κ1) is 22.5. The van der Waals surface area contributed by atoms with Gasteiger partial charge in [0.15, 0.2) is 5.96 Å². The van der Waals surface area contributed by atoms with Crippen LogP contribution in [0.15, 0.2) is 47.5 Å². The summed E-state index contributed by atoms with van der Waals surface area (Å²) in [6.45, 7) is 5.96. The lowest BCUT2D eigenvalue weighted by Crippen LogP contribution is -2.41.